The molecule has 0 bridgehead atoms. The van der Waals surface area contributed by atoms with E-state index in [1.165, 1.54) is 39.7 Å². The molecule has 0 unspecified atom stereocenters. The van der Waals surface area contributed by atoms with Gasteiger partial charge >= 0.3 is 0 Å². The van der Waals surface area contributed by atoms with Gasteiger partial charge in [0.1, 0.15) is 0 Å². The van der Waals surface area contributed by atoms with Gasteiger partial charge in [0, 0.05) is 10.2 Å². The van der Waals surface area contributed by atoms with Crippen LogP contribution in [-0.2, 0) is 0 Å². The highest BCUT2D eigenvalue weighted by Crippen LogP contribution is 2.47. The van der Waals surface area contributed by atoms with E-state index in [1.54, 1.807) is 11.3 Å². The Bertz CT molecular complexity index is 1350. The lowest BCUT2D eigenvalue weighted by Gasteiger charge is -2.40. The van der Waals surface area contributed by atoms with Gasteiger partial charge in [-0.05, 0) is 60.0 Å². The van der Waals surface area contributed by atoms with Crippen molar-refractivity contribution in [3.63, 3.8) is 0 Å². The first kappa shape index (κ1) is 21.5. The quantitative estimate of drug-likeness (QED) is 0.494. The molecule has 0 amide bonds. The Hall–Kier alpha value is -2.02. The minimum absolute atomic E-state index is 0.0415. The summed E-state index contributed by atoms with van der Waals surface area (Å²) in [5.41, 5.74) is 3.91. The first-order chi connectivity index (χ1) is 16.3. The summed E-state index contributed by atoms with van der Waals surface area (Å²) in [7, 11) is 0. The third kappa shape index (κ3) is 4.07. The normalized spacial score (nSPS) is 25.3. The van der Waals surface area contributed by atoms with Crippen LogP contribution in [0, 0.1) is 5.92 Å². The second-order valence-electron chi connectivity index (χ2n) is 8.83. The molecule has 6 heteroatoms. The van der Waals surface area contributed by atoms with Crippen LogP contribution < -0.4 is 14.9 Å². The smallest absolute Gasteiger partial charge is 0.270 e. The van der Waals surface area contributed by atoms with Gasteiger partial charge in [0.15, 0.2) is 4.80 Å². The maximum Gasteiger partial charge on any atom is 0.270 e. The fraction of sp³-hybridized carbons (Fsp3) is 0.333. The van der Waals surface area contributed by atoms with Crippen molar-refractivity contribution in [2.45, 2.75) is 37.8 Å². The molecule has 3 heterocycles. The zero-order valence-electron chi connectivity index (χ0n) is 18.4. The van der Waals surface area contributed by atoms with E-state index in [0.29, 0.717) is 5.92 Å². The van der Waals surface area contributed by atoms with Crippen LogP contribution in [0.25, 0.3) is 6.08 Å². The van der Waals surface area contributed by atoms with Gasteiger partial charge in [-0.1, -0.05) is 72.0 Å². The van der Waals surface area contributed by atoms with Gasteiger partial charge in [0.2, 0.25) is 0 Å². The van der Waals surface area contributed by atoms with Gasteiger partial charge in [0.05, 0.1) is 16.6 Å². The number of fused-ring (bicyclic) bond motifs is 2. The molecule has 168 valence electrons. The van der Waals surface area contributed by atoms with E-state index in [4.69, 9.17) is 4.99 Å². The first-order valence-electron chi connectivity index (χ1n) is 11.7. The Morgan fingerprint density at radius 2 is 1.67 bits per heavy atom. The molecule has 1 saturated carbocycles. The number of hydrogen-bond acceptors (Lipinski definition) is 5. The second kappa shape index (κ2) is 9.32. The number of hydrogen-bond donors (Lipinski definition) is 0. The summed E-state index contributed by atoms with van der Waals surface area (Å²) in [5, 5.41) is 0. The van der Waals surface area contributed by atoms with Gasteiger partial charge in [-0.2, -0.15) is 0 Å². The lowest BCUT2D eigenvalue weighted by molar-refractivity contribution is 0.254. The molecule has 2 fully saturated rings. The number of nitrogens with zero attached hydrogens (tertiary/aromatic N) is 2. The molecule has 0 N–H and O–H groups in total. The van der Waals surface area contributed by atoms with Crippen LogP contribution >= 0.6 is 34.9 Å². The summed E-state index contributed by atoms with van der Waals surface area (Å²) < 4.78 is 4.29. The molecule has 3 aliphatic rings. The van der Waals surface area contributed by atoms with Gasteiger partial charge < -0.3 is 0 Å². The van der Waals surface area contributed by atoms with E-state index in [1.807, 2.05) is 52.4 Å². The Morgan fingerprint density at radius 3 is 2.42 bits per heavy atom. The van der Waals surface area contributed by atoms with Gasteiger partial charge in [-0.25, -0.2) is 0 Å². The summed E-state index contributed by atoms with van der Waals surface area (Å²) in [6, 6.07) is 21.0. The van der Waals surface area contributed by atoms with Crippen molar-refractivity contribution in [1.29, 1.82) is 0 Å². The van der Waals surface area contributed by atoms with Crippen molar-refractivity contribution in [3.05, 3.63) is 101 Å². The van der Waals surface area contributed by atoms with Crippen LogP contribution in [0.1, 0.15) is 42.9 Å². The summed E-state index contributed by atoms with van der Waals surface area (Å²) in [6.45, 7) is 0. The fourth-order valence-corrected chi connectivity index (χ4v) is 9.13. The maximum absolute atomic E-state index is 13.7. The Labute approximate surface area is 206 Å². The minimum Gasteiger partial charge on any atom is -0.276 e. The van der Waals surface area contributed by atoms with Gasteiger partial charge in [-0.3, -0.25) is 14.4 Å². The Balaban J connectivity index is 1.57. The number of thiazole rings is 1. The topological polar surface area (TPSA) is 34.4 Å². The van der Waals surface area contributed by atoms with Crippen LogP contribution in [-0.4, -0.2) is 22.1 Å². The molecule has 3 atom stereocenters. The van der Waals surface area contributed by atoms with Crippen molar-refractivity contribution < 1.29 is 0 Å². The van der Waals surface area contributed by atoms with Crippen molar-refractivity contribution in [2.24, 2.45) is 10.9 Å². The van der Waals surface area contributed by atoms with Crippen LogP contribution in [0.3, 0.4) is 0 Å². The summed E-state index contributed by atoms with van der Waals surface area (Å²) in [6.07, 6.45) is 6.73. The van der Waals surface area contributed by atoms with Crippen LogP contribution in [0.5, 0.6) is 0 Å². The van der Waals surface area contributed by atoms with E-state index in [9.17, 15) is 4.79 Å². The molecule has 3 nitrogen and oxygen atoms in total. The Morgan fingerprint density at radius 1 is 0.939 bits per heavy atom. The van der Waals surface area contributed by atoms with E-state index < -0.39 is 0 Å². The average Bonchev–Trinajstić information content (AvgIpc) is 3.18. The maximum atomic E-state index is 13.7. The van der Waals surface area contributed by atoms with Crippen molar-refractivity contribution in [3.8, 4) is 0 Å². The predicted molar refractivity (Wildman–Crippen MR) is 142 cm³/mol. The monoisotopic (exact) mass is 490 g/mol. The minimum atomic E-state index is 0.0415. The van der Waals surface area contributed by atoms with E-state index in [0.717, 1.165) is 27.7 Å². The molecular formula is C27H26N2OS3. The van der Waals surface area contributed by atoms with Crippen molar-refractivity contribution in [2.75, 3.05) is 11.5 Å². The highest BCUT2D eigenvalue weighted by Gasteiger charge is 2.41. The van der Waals surface area contributed by atoms with E-state index in [2.05, 4.69) is 42.5 Å². The lowest BCUT2D eigenvalue weighted by Crippen LogP contribution is -2.47. The molecule has 1 aromatic heterocycles. The molecule has 3 aromatic rings. The van der Waals surface area contributed by atoms with E-state index >= 15 is 0 Å². The van der Waals surface area contributed by atoms with Crippen molar-refractivity contribution in [1.82, 2.24) is 4.57 Å². The van der Waals surface area contributed by atoms with Gasteiger partial charge in [0.25, 0.3) is 5.56 Å². The molecular weight excluding hydrogens is 465 g/mol. The molecule has 6 rings (SSSR count). The van der Waals surface area contributed by atoms with E-state index in [-0.39, 0.29) is 17.6 Å². The molecule has 2 aliphatic heterocycles. The number of thioether (sulfide) groups is 2. The van der Waals surface area contributed by atoms with Crippen LogP contribution in [0.4, 0.5) is 0 Å². The average molecular weight is 491 g/mol. The van der Waals surface area contributed by atoms with Crippen LogP contribution in [0.15, 0.2) is 80.3 Å². The molecule has 0 radical (unpaired) electrons. The summed E-state index contributed by atoms with van der Waals surface area (Å²) in [4.78, 5) is 19.9. The molecule has 0 spiro atoms. The third-order valence-electron chi connectivity index (χ3n) is 6.77. The van der Waals surface area contributed by atoms with Gasteiger partial charge in [-0.15, -0.1) is 23.5 Å². The molecule has 1 saturated heterocycles. The SMILES string of the molecule is O=c1/c(=C\c2ccccc2)sc2n1[C@H](c1ccccc1)[C@H]1CCCC(=C3SCCCS3)[C@H]1N=2. The second-order valence-corrected chi connectivity index (χ2v) is 12.3. The standard InChI is InChI=1S/C27H26N2OS3/c30-25-22(17-18-9-3-1-4-10-18)33-27-28-23-20(24(29(25)27)19-11-5-2-6-12-19)13-7-14-21(23)26-31-15-8-16-32-26/h1-6,9-12,17,20,23-24H,7-8,13-16H2/b22-17+/t20-,23-,24+/m0/s1. The number of aromatic nitrogens is 1. The third-order valence-corrected chi connectivity index (χ3v) is 10.5. The van der Waals surface area contributed by atoms with Crippen molar-refractivity contribution >= 4 is 40.9 Å². The molecule has 33 heavy (non-hydrogen) atoms. The summed E-state index contributed by atoms with van der Waals surface area (Å²) >= 11 is 5.60. The first-order valence-corrected chi connectivity index (χ1v) is 14.5. The predicted octanol–water partition coefficient (Wildman–Crippen LogP) is 5.21. The lowest BCUT2D eigenvalue weighted by atomic mass is 9.75. The highest BCUT2D eigenvalue weighted by molar-refractivity contribution is 8.22. The highest BCUT2D eigenvalue weighted by atomic mass is 32.2. The zero-order valence-corrected chi connectivity index (χ0v) is 20.8. The molecule has 1 aliphatic carbocycles. The van der Waals surface area contributed by atoms with Crippen LogP contribution in [0.2, 0.25) is 0 Å². The number of benzene rings is 2. The Kier molecular flexibility index (Phi) is 6.07. The number of rotatable bonds is 2. The fourth-order valence-electron chi connectivity index (χ4n) is 5.31. The summed E-state index contributed by atoms with van der Waals surface area (Å²) in [5.74, 6) is 2.76. The largest absolute Gasteiger partial charge is 0.276 e. The molecule has 2 aromatic carbocycles. The zero-order chi connectivity index (χ0) is 22.2.